The Balaban J connectivity index is 0. The third-order valence-corrected chi connectivity index (χ3v) is 3.26. The fourth-order valence-corrected chi connectivity index (χ4v) is 1.93. The molecule has 0 rings (SSSR count). The van der Waals surface area contributed by atoms with Gasteiger partial charge in [-0.25, -0.2) is 0 Å². The van der Waals surface area contributed by atoms with Gasteiger partial charge in [-0.1, -0.05) is 71.6 Å². The first-order valence-electron chi connectivity index (χ1n) is 8.74. The largest absolute Gasteiger partial charge is 0.394 e. The normalized spacial score (nSPS) is 11.9. The number of hydrogen-bond acceptors (Lipinski definition) is 4. The van der Waals surface area contributed by atoms with Crippen LogP contribution in [0.1, 0.15) is 84.5 Å². The molecule has 0 aliphatic rings. The zero-order valence-corrected chi connectivity index (χ0v) is 14.2. The molecule has 0 aromatic carbocycles. The molecule has 0 bridgehead atoms. The summed E-state index contributed by atoms with van der Waals surface area (Å²) in [5.41, 5.74) is 0. The van der Waals surface area contributed by atoms with Crippen LogP contribution >= 0.6 is 0 Å². The Morgan fingerprint density at radius 2 is 1.14 bits per heavy atom. The average molecular weight is 306 g/mol. The van der Waals surface area contributed by atoms with E-state index in [1.165, 1.54) is 57.8 Å². The van der Waals surface area contributed by atoms with Crippen molar-refractivity contribution in [1.29, 1.82) is 0 Å². The van der Waals surface area contributed by atoms with E-state index in [0.717, 1.165) is 6.42 Å². The van der Waals surface area contributed by atoms with Crippen molar-refractivity contribution in [3.05, 3.63) is 0 Å². The van der Waals surface area contributed by atoms with Crippen LogP contribution in [0, 0.1) is 0 Å². The first-order valence-corrected chi connectivity index (χ1v) is 8.74. The molecule has 0 aromatic rings. The number of unbranched alkanes of at least 4 members (excludes halogenated alkanes) is 9. The lowest BCUT2D eigenvalue weighted by molar-refractivity contribution is -0.101. The molecule has 0 radical (unpaired) electrons. The summed E-state index contributed by atoms with van der Waals surface area (Å²) in [5.74, 6) is 0. The third-order valence-electron chi connectivity index (χ3n) is 3.26. The van der Waals surface area contributed by atoms with E-state index >= 15 is 0 Å². The van der Waals surface area contributed by atoms with Crippen LogP contribution in [-0.2, 0) is 4.74 Å². The lowest BCUT2D eigenvalue weighted by atomic mass is 10.1. The molecule has 0 aromatic heterocycles. The fourth-order valence-electron chi connectivity index (χ4n) is 1.93. The molecule has 3 N–H and O–H groups in total. The van der Waals surface area contributed by atoms with E-state index in [1.807, 2.05) is 6.92 Å². The second kappa shape index (κ2) is 22.1. The lowest BCUT2D eigenvalue weighted by Crippen LogP contribution is -2.10. The second-order valence-electron chi connectivity index (χ2n) is 5.36. The van der Waals surface area contributed by atoms with E-state index in [2.05, 4.69) is 6.92 Å². The number of hydrogen-bond donors (Lipinski definition) is 3. The highest BCUT2D eigenvalue weighted by molar-refractivity contribution is 4.47. The van der Waals surface area contributed by atoms with Crippen LogP contribution in [0.5, 0.6) is 0 Å². The van der Waals surface area contributed by atoms with E-state index in [4.69, 9.17) is 14.9 Å². The number of ether oxygens (including phenoxy) is 1. The predicted molar refractivity (Wildman–Crippen MR) is 88.3 cm³/mol. The van der Waals surface area contributed by atoms with Crippen molar-refractivity contribution in [2.75, 3.05) is 19.8 Å². The van der Waals surface area contributed by atoms with Crippen molar-refractivity contribution in [2.24, 2.45) is 0 Å². The maximum Gasteiger partial charge on any atom is 0.154 e. The summed E-state index contributed by atoms with van der Waals surface area (Å²) < 4.78 is 5.22. The lowest BCUT2D eigenvalue weighted by Gasteiger charge is -2.08. The summed E-state index contributed by atoms with van der Waals surface area (Å²) in [6, 6.07) is 0. The van der Waals surface area contributed by atoms with E-state index in [9.17, 15) is 5.11 Å². The Bertz CT molecular complexity index is 163. The minimum Gasteiger partial charge on any atom is -0.394 e. The first-order chi connectivity index (χ1) is 10.2. The molecule has 0 saturated heterocycles. The predicted octanol–water partition coefficient (Wildman–Crippen LogP) is 3.62. The number of aliphatic hydroxyl groups excluding tert-OH is 3. The standard InChI is InChI=1S/C15H32O2.C2H6O2/c1-3-5-6-7-8-9-10-11-12-13-14-17-15(16)4-2;3-1-2-4/h15-16H,3-14H2,1-2H3;3-4H,1-2H2. The van der Waals surface area contributed by atoms with Gasteiger partial charge >= 0.3 is 0 Å². The Morgan fingerprint density at radius 1 is 0.714 bits per heavy atom. The van der Waals surface area contributed by atoms with Crippen molar-refractivity contribution < 1.29 is 20.1 Å². The van der Waals surface area contributed by atoms with Crippen LogP contribution < -0.4 is 0 Å². The summed E-state index contributed by atoms with van der Waals surface area (Å²) in [4.78, 5) is 0. The van der Waals surface area contributed by atoms with Crippen molar-refractivity contribution in [1.82, 2.24) is 0 Å². The number of rotatable bonds is 14. The Morgan fingerprint density at radius 3 is 1.52 bits per heavy atom. The van der Waals surface area contributed by atoms with Gasteiger partial charge in [0, 0.05) is 6.61 Å². The van der Waals surface area contributed by atoms with E-state index in [-0.39, 0.29) is 13.2 Å². The molecule has 1 unspecified atom stereocenters. The zero-order valence-electron chi connectivity index (χ0n) is 14.2. The Hall–Kier alpha value is -0.160. The smallest absolute Gasteiger partial charge is 0.154 e. The third kappa shape index (κ3) is 25.2. The summed E-state index contributed by atoms with van der Waals surface area (Å²) >= 11 is 0. The maximum atomic E-state index is 9.18. The molecule has 0 fully saturated rings. The SMILES string of the molecule is CCCCCCCCCCCCOC(O)CC.OCCO. The zero-order chi connectivity index (χ0) is 16.2. The quantitative estimate of drug-likeness (QED) is 0.338. The summed E-state index contributed by atoms with van der Waals surface area (Å²) in [6.07, 6.45) is 13.5. The minimum atomic E-state index is -0.548. The molecule has 0 saturated carbocycles. The molecule has 0 aliphatic carbocycles. The highest BCUT2D eigenvalue weighted by atomic mass is 16.6. The molecular weight excluding hydrogens is 268 g/mol. The van der Waals surface area contributed by atoms with Crippen LogP contribution in [0.4, 0.5) is 0 Å². The van der Waals surface area contributed by atoms with Crippen LogP contribution in [0.2, 0.25) is 0 Å². The van der Waals surface area contributed by atoms with Crippen LogP contribution in [-0.4, -0.2) is 41.4 Å². The molecule has 4 nitrogen and oxygen atoms in total. The Labute approximate surface area is 131 Å². The summed E-state index contributed by atoms with van der Waals surface area (Å²) in [6.45, 7) is 4.66. The van der Waals surface area contributed by atoms with Gasteiger partial charge in [0.15, 0.2) is 6.29 Å². The molecule has 4 heteroatoms. The van der Waals surface area contributed by atoms with Gasteiger partial charge < -0.3 is 20.1 Å². The fraction of sp³-hybridized carbons (Fsp3) is 1.00. The first kappa shape index (κ1) is 23.1. The molecular formula is C17H38O4. The van der Waals surface area contributed by atoms with Gasteiger partial charge in [0.05, 0.1) is 13.2 Å². The van der Waals surface area contributed by atoms with Crippen molar-refractivity contribution in [3.63, 3.8) is 0 Å². The van der Waals surface area contributed by atoms with Crippen molar-refractivity contribution >= 4 is 0 Å². The topological polar surface area (TPSA) is 69.9 Å². The van der Waals surface area contributed by atoms with Gasteiger partial charge in [-0.3, -0.25) is 0 Å². The monoisotopic (exact) mass is 306 g/mol. The van der Waals surface area contributed by atoms with Crippen LogP contribution in [0.25, 0.3) is 0 Å². The van der Waals surface area contributed by atoms with Gasteiger partial charge in [0.1, 0.15) is 0 Å². The van der Waals surface area contributed by atoms with Crippen LogP contribution in [0.3, 0.4) is 0 Å². The average Bonchev–Trinajstić information content (AvgIpc) is 2.52. The van der Waals surface area contributed by atoms with Gasteiger partial charge in [0.2, 0.25) is 0 Å². The molecule has 0 heterocycles. The van der Waals surface area contributed by atoms with Gasteiger partial charge in [0.25, 0.3) is 0 Å². The Kier molecular flexibility index (Phi) is 24.4. The van der Waals surface area contributed by atoms with Crippen molar-refractivity contribution in [3.8, 4) is 0 Å². The molecule has 130 valence electrons. The van der Waals surface area contributed by atoms with E-state index < -0.39 is 6.29 Å². The maximum absolute atomic E-state index is 9.18. The van der Waals surface area contributed by atoms with Crippen molar-refractivity contribution in [2.45, 2.75) is 90.8 Å². The highest BCUT2D eigenvalue weighted by Gasteiger charge is 1.98. The van der Waals surface area contributed by atoms with Crippen LogP contribution in [0.15, 0.2) is 0 Å². The number of aliphatic hydroxyl groups is 3. The van der Waals surface area contributed by atoms with Gasteiger partial charge in [-0.05, 0) is 12.8 Å². The minimum absolute atomic E-state index is 0.125. The molecule has 0 aliphatic heterocycles. The molecule has 21 heavy (non-hydrogen) atoms. The van der Waals surface area contributed by atoms with Gasteiger partial charge in [-0.15, -0.1) is 0 Å². The summed E-state index contributed by atoms with van der Waals surface area (Å²) in [7, 11) is 0. The molecule has 0 amide bonds. The highest BCUT2D eigenvalue weighted by Crippen LogP contribution is 2.10. The van der Waals surface area contributed by atoms with E-state index in [0.29, 0.717) is 13.0 Å². The summed E-state index contributed by atoms with van der Waals surface area (Å²) in [5, 5.41) is 24.4. The molecule has 1 atom stereocenters. The second-order valence-corrected chi connectivity index (χ2v) is 5.36. The van der Waals surface area contributed by atoms with E-state index in [1.54, 1.807) is 0 Å². The molecule has 0 spiro atoms. The van der Waals surface area contributed by atoms with Gasteiger partial charge in [-0.2, -0.15) is 0 Å².